The Morgan fingerprint density at radius 2 is 2.21 bits per heavy atom. The maximum Gasteiger partial charge on any atom is 0.233 e. The van der Waals surface area contributed by atoms with Gasteiger partial charge in [0.05, 0.1) is 11.4 Å². The van der Waals surface area contributed by atoms with Crippen molar-refractivity contribution in [1.82, 2.24) is 25.1 Å². The topological polar surface area (TPSA) is 63.9 Å². The fourth-order valence-electron chi connectivity index (χ4n) is 3.00. The molecule has 1 aromatic heterocycles. The number of carbonyl (C=O) groups excluding carboxylic acids is 1. The van der Waals surface area contributed by atoms with Crippen LogP contribution in [-0.2, 0) is 4.79 Å². The van der Waals surface area contributed by atoms with Crippen LogP contribution in [0.4, 0.5) is 0 Å². The van der Waals surface area contributed by atoms with E-state index in [9.17, 15) is 4.79 Å². The number of hydrogen-bond acceptors (Lipinski definition) is 5. The van der Waals surface area contributed by atoms with Crippen LogP contribution in [0.3, 0.4) is 0 Å². The van der Waals surface area contributed by atoms with Crippen LogP contribution < -0.4 is 0 Å². The van der Waals surface area contributed by atoms with Gasteiger partial charge < -0.3 is 4.90 Å². The molecule has 1 aliphatic heterocycles. The number of hydrogen-bond donors (Lipinski definition) is 0. The van der Waals surface area contributed by atoms with E-state index in [1.165, 1.54) is 18.2 Å². The zero-order valence-electron chi connectivity index (χ0n) is 14.4. The lowest BCUT2D eigenvalue weighted by molar-refractivity contribution is -0.130. The van der Waals surface area contributed by atoms with Crippen molar-refractivity contribution in [2.24, 2.45) is 5.92 Å². The van der Waals surface area contributed by atoms with E-state index in [2.05, 4.69) is 40.6 Å². The Balaban J connectivity index is 1.70. The van der Waals surface area contributed by atoms with E-state index in [1.807, 2.05) is 18.7 Å². The van der Waals surface area contributed by atoms with Gasteiger partial charge in [-0.25, -0.2) is 0 Å². The highest BCUT2D eigenvalue weighted by molar-refractivity contribution is 7.99. The highest BCUT2D eigenvalue weighted by Gasteiger charge is 2.22. The normalized spacial score (nSPS) is 18.0. The molecule has 7 heteroatoms. The van der Waals surface area contributed by atoms with Gasteiger partial charge in [-0.05, 0) is 60.2 Å². The number of tetrazole rings is 1. The summed E-state index contributed by atoms with van der Waals surface area (Å²) >= 11 is 1.40. The third kappa shape index (κ3) is 3.77. The molecule has 0 N–H and O–H groups in total. The van der Waals surface area contributed by atoms with Gasteiger partial charge >= 0.3 is 0 Å². The molecule has 1 aromatic carbocycles. The van der Waals surface area contributed by atoms with E-state index in [4.69, 9.17) is 0 Å². The first kappa shape index (κ1) is 17.0. The van der Waals surface area contributed by atoms with Gasteiger partial charge in [0.25, 0.3) is 0 Å². The lowest BCUT2D eigenvalue weighted by Gasteiger charge is -2.30. The molecule has 6 nitrogen and oxygen atoms in total. The lowest BCUT2D eigenvalue weighted by atomic mass is 10.0. The van der Waals surface area contributed by atoms with Gasteiger partial charge in [0.15, 0.2) is 0 Å². The SMILES string of the molecule is Cc1ccc(C)c(-n2nnnc2SCC(=O)N2CCC[C@H](C)C2)c1. The Morgan fingerprint density at radius 1 is 1.38 bits per heavy atom. The molecule has 1 saturated heterocycles. The summed E-state index contributed by atoms with van der Waals surface area (Å²) in [5, 5.41) is 12.6. The van der Waals surface area contributed by atoms with Crippen molar-refractivity contribution in [2.45, 2.75) is 38.8 Å². The van der Waals surface area contributed by atoms with Crippen LogP contribution in [-0.4, -0.2) is 49.9 Å². The number of aromatic nitrogens is 4. The summed E-state index contributed by atoms with van der Waals surface area (Å²) in [6.07, 6.45) is 2.31. The molecule has 0 saturated carbocycles. The molecule has 1 aliphatic rings. The number of rotatable bonds is 4. The Labute approximate surface area is 146 Å². The van der Waals surface area contributed by atoms with Gasteiger partial charge in [-0.2, -0.15) is 4.68 Å². The van der Waals surface area contributed by atoms with Gasteiger partial charge in [0, 0.05) is 13.1 Å². The van der Waals surface area contributed by atoms with Crippen LogP contribution in [0, 0.1) is 19.8 Å². The molecule has 0 bridgehead atoms. The molecule has 0 spiro atoms. The summed E-state index contributed by atoms with van der Waals surface area (Å²) in [4.78, 5) is 14.4. The van der Waals surface area contributed by atoms with Gasteiger partial charge in [0.2, 0.25) is 11.1 Å². The second kappa shape index (κ2) is 7.34. The maximum atomic E-state index is 12.4. The number of piperidine rings is 1. The Kier molecular flexibility index (Phi) is 5.18. The summed E-state index contributed by atoms with van der Waals surface area (Å²) in [5.41, 5.74) is 3.22. The molecular formula is C17H23N5OS. The number of likely N-dealkylation sites (tertiary alicyclic amines) is 1. The summed E-state index contributed by atoms with van der Waals surface area (Å²) < 4.78 is 1.72. The molecule has 3 rings (SSSR count). The Bertz CT molecular complexity index is 730. The molecule has 1 atom stereocenters. The molecular weight excluding hydrogens is 322 g/mol. The fourth-order valence-corrected chi connectivity index (χ4v) is 3.79. The lowest BCUT2D eigenvalue weighted by Crippen LogP contribution is -2.40. The van der Waals surface area contributed by atoms with Gasteiger partial charge in [-0.15, -0.1) is 5.10 Å². The average molecular weight is 345 g/mol. The third-order valence-electron chi connectivity index (χ3n) is 4.37. The monoisotopic (exact) mass is 345 g/mol. The molecule has 2 heterocycles. The molecule has 128 valence electrons. The third-order valence-corrected chi connectivity index (χ3v) is 5.27. The second-order valence-corrected chi connectivity index (χ2v) is 7.48. The number of amides is 1. The average Bonchev–Trinajstić information content (AvgIpc) is 3.03. The summed E-state index contributed by atoms with van der Waals surface area (Å²) in [5.74, 6) is 1.13. The number of benzene rings is 1. The van der Waals surface area contributed by atoms with E-state index in [0.29, 0.717) is 16.8 Å². The van der Waals surface area contributed by atoms with Crippen molar-refractivity contribution in [2.75, 3.05) is 18.8 Å². The van der Waals surface area contributed by atoms with Gasteiger partial charge in [0.1, 0.15) is 0 Å². The predicted octanol–water partition coefficient (Wildman–Crippen LogP) is 2.63. The summed E-state index contributed by atoms with van der Waals surface area (Å²) in [6, 6.07) is 6.18. The second-order valence-electron chi connectivity index (χ2n) is 6.54. The van der Waals surface area contributed by atoms with Crippen LogP contribution in [0.1, 0.15) is 30.9 Å². The van der Waals surface area contributed by atoms with Crippen molar-refractivity contribution in [3.05, 3.63) is 29.3 Å². The zero-order valence-corrected chi connectivity index (χ0v) is 15.2. The van der Waals surface area contributed by atoms with E-state index >= 15 is 0 Å². The molecule has 0 aliphatic carbocycles. The van der Waals surface area contributed by atoms with E-state index in [-0.39, 0.29) is 5.91 Å². The first-order valence-corrected chi connectivity index (χ1v) is 9.29. The maximum absolute atomic E-state index is 12.4. The first-order chi connectivity index (χ1) is 11.5. The van der Waals surface area contributed by atoms with Gasteiger partial charge in [-0.1, -0.05) is 30.8 Å². The molecule has 24 heavy (non-hydrogen) atoms. The van der Waals surface area contributed by atoms with E-state index in [0.717, 1.165) is 36.3 Å². The summed E-state index contributed by atoms with van der Waals surface area (Å²) in [7, 11) is 0. The van der Waals surface area contributed by atoms with Crippen LogP contribution in [0.2, 0.25) is 0 Å². The molecule has 1 amide bonds. The highest BCUT2D eigenvalue weighted by atomic mass is 32.2. The van der Waals surface area contributed by atoms with Crippen molar-refractivity contribution < 1.29 is 4.79 Å². The largest absolute Gasteiger partial charge is 0.342 e. The van der Waals surface area contributed by atoms with Crippen LogP contribution in [0.5, 0.6) is 0 Å². The van der Waals surface area contributed by atoms with Crippen molar-refractivity contribution in [3.63, 3.8) is 0 Å². The van der Waals surface area contributed by atoms with Crippen LogP contribution >= 0.6 is 11.8 Å². The minimum absolute atomic E-state index is 0.169. The quantitative estimate of drug-likeness (QED) is 0.797. The number of nitrogens with zero attached hydrogens (tertiary/aromatic N) is 5. The number of carbonyl (C=O) groups is 1. The molecule has 2 aromatic rings. The van der Waals surface area contributed by atoms with Gasteiger partial charge in [-0.3, -0.25) is 4.79 Å². The van der Waals surface area contributed by atoms with Crippen LogP contribution in [0.25, 0.3) is 5.69 Å². The van der Waals surface area contributed by atoms with Crippen molar-refractivity contribution in [3.8, 4) is 5.69 Å². The van der Waals surface area contributed by atoms with E-state index in [1.54, 1.807) is 4.68 Å². The minimum atomic E-state index is 0.169. The van der Waals surface area contributed by atoms with Crippen molar-refractivity contribution in [1.29, 1.82) is 0 Å². The standard InChI is InChI=1S/C17H23N5OS/c1-12-6-7-14(3)15(9-12)22-17(18-19-20-22)24-11-16(23)21-8-4-5-13(2)10-21/h6-7,9,13H,4-5,8,10-11H2,1-3H3/t13-/m0/s1. The van der Waals surface area contributed by atoms with Crippen molar-refractivity contribution >= 4 is 17.7 Å². The number of aryl methyl sites for hydroxylation is 2. The fraction of sp³-hybridized carbons (Fsp3) is 0.529. The Morgan fingerprint density at radius 3 is 3.00 bits per heavy atom. The first-order valence-electron chi connectivity index (χ1n) is 8.31. The number of thioether (sulfide) groups is 1. The smallest absolute Gasteiger partial charge is 0.233 e. The van der Waals surface area contributed by atoms with Crippen LogP contribution in [0.15, 0.2) is 23.4 Å². The minimum Gasteiger partial charge on any atom is -0.342 e. The highest BCUT2D eigenvalue weighted by Crippen LogP contribution is 2.23. The zero-order chi connectivity index (χ0) is 17.1. The molecule has 1 fully saturated rings. The van der Waals surface area contributed by atoms with E-state index < -0.39 is 0 Å². The molecule has 0 radical (unpaired) electrons. The summed E-state index contributed by atoms with van der Waals surface area (Å²) in [6.45, 7) is 8.01. The molecule has 0 unspecified atom stereocenters. The predicted molar refractivity (Wildman–Crippen MR) is 94.3 cm³/mol. The Hall–Kier alpha value is -1.89.